The van der Waals surface area contributed by atoms with Crippen molar-refractivity contribution >= 4 is 39.7 Å². The van der Waals surface area contributed by atoms with Crippen LogP contribution in [0.3, 0.4) is 0 Å². The molecule has 0 aliphatic heterocycles. The topological polar surface area (TPSA) is 86.1 Å². The van der Waals surface area contributed by atoms with E-state index >= 15 is 0 Å². The Morgan fingerprint density at radius 3 is 2.48 bits per heavy atom. The zero-order valence-corrected chi connectivity index (χ0v) is 15.5. The van der Waals surface area contributed by atoms with Crippen molar-refractivity contribution in [1.29, 1.82) is 0 Å². The molecule has 0 saturated heterocycles. The summed E-state index contributed by atoms with van der Waals surface area (Å²) in [6.45, 7) is 5.53. The average molecular weight is 376 g/mol. The number of esters is 1. The van der Waals surface area contributed by atoms with Crippen LogP contribution in [0.15, 0.2) is 24.5 Å². The normalized spacial score (nSPS) is 10.7. The number of carbonyl (C=O) groups excluding carboxylic acids is 2. The Labute approximate surface area is 152 Å². The summed E-state index contributed by atoms with van der Waals surface area (Å²) in [4.78, 5) is 33.9. The molecule has 3 aromatic heterocycles. The van der Waals surface area contributed by atoms with Crippen LogP contribution in [0.4, 0.5) is 5.13 Å². The van der Waals surface area contributed by atoms with Gasteiger partial charge in [-0.3, -0.25) is 10.1 Å². The van der Waals surface area contributed by atoms with Gasteiger partial charge in [-0.05, 0) is 32.9 Å². The SMILES string of the molecule is CCOC(=O)c1sc(NC(=O)c2sc(-n3cccc3)nc2C)nc1C. The Bertz CT molecular complexity index is 912. The number of hydrogen-bond acceptors (Lipinski definition) is 7. The fraction of sp³-hybridized carbons (Fsp3) is 0.250. The first-order chi connectivity index (χ1) is 12.0. The first-order valence-corrected chi connectivity index (χ1v) is 9.19. The molecule has 0 bridgehead atoms. The second-order valence-electron chi connectivity index (χ2n) is 5.11. The van der Waals surface area contributed by atoms with Crippen LogP contribution >= 0.6 is 22.7 Å². The molecule has 0 aliphatic rings. The zero-order valence-electron chi connectivity index (χ0n) is 13.9. The van der Waals surface area contributed by atoms with Crippen molar-refractivity contribution in [2.75, 3.05) is 11.9 Å². The van der Waals surface area contributed by atoms with Gasteiger partial charge in [0.05, 0.1) is 18.0 Å². The van der Waals surface area contributed by atoms with Crippen molar-refractivity contribution in [3.63, 3.8) is 0 Å². The summed E-state index contributed by atoms with van der Waals surface area (Å²) >= 11 is 2.40. The van der Waals surface area contributed by atoms with E-state index in [1.165, 1.54) is 11.3 Å². The van der Waals surface area contributed by atoms with Gasteiger partial charge in [-0.25, -0.2) is 14.8 Å². The number of thiazole rings is 2. The average Bonchev–Trinajstić information content (AvgIpc) is 3.27. The van der Waals surface area contributed by atoms with Gasteiger partial charge in [0.15, 0.2) is 10.3 Å². The van der Waals surface area contributed by atoms with Crippen LogP contribution in [-0.4, -0.2) is 33.0 Å². The Hall–Kier alpha value is -2.52. The largest absolute Gasteiger partial charge is 0.462 e. The van der Waals surface area contributed by atoms with E-state index in [-0.39, 0.29) is 5.91 Å². The summed E-state index contributed by atoms with van der Waals surface area (Å²) in [5.74, 6) is -0.723. The predicted octanol–water partition coefficient (Wildman–Crippen LogP) is 3.44. The zero-order chi connectivity index (χ0) is 18.0. The van der Waals surface area contributed by atoms with Crippen molar-refractivity contribution < 1.29 is 14.3 Å². The lowest BCUT2D eigenvalue weighted by Gasteiger charge is -1.99. The third kappa shape index (κ3) is 3.62. The minimum atomic E-state index is -0.429. The molecule has 25 heavy (non-hydrogen) atoms. The molecule has 0 radical (unpaired) electrons. The lowest BCUT2D eigenvalue weighted by atomic mass is 10.4. The molecule has 0 spiro atoms. The summed E-state index contributed by atoms with van der Waals surface area (Å²) < 4.78 is 6.83. The molecule has 3 heterocycles. The molecule has 0 aromatic carbocycles. The molecular weight excluding hydrogens is 360 g/mol. The van der Waals surface area contributed by atoms with Gasteiger partial charge >= 0.3 is 5.97 Å². The Morgan fingerprint density at radius 1 is 1.12 bits per heavy atom. The van der Waals surface area contributed by atoms with Crippen LogP contribution in [0.1, 0.15) is 37.7 Å². The Kier molecular flexibility index (Phi) is 4.95. The van der Waals surface area contributed by atoms with Crippen molar-refractivity contribution in [2.45, 2.75) is 20.8 Å². The molecule has 0 fully saturated rings. The summed E-state index contributed by atoms with van der Waals surface area (Å²) in [6, 6.07) is 3.79. The van der Waals surface area contributed by atoms with Crippen molar-refractivity contribution in [1.82, 2.24) is 14.5 Å². The second kappa shape index (κ2) is 7.16. The molecule has 130 valence electrons. The first kappa shape index (κ1) is 17.3. The minimum Gasteiger partial charge on any atom is -0.462 e. The molecule has 1 amide bonds. The summed E-state index contributed by atoms with van der Waals surface area (Å²) in [7, 11) is 0. The maximum absolute atomic E-state index is 12.5. The molecule has 0 atom stereocenters. The number of anilines is 1. The number of hydrogen-bond donors (Lipinski definition) is 1. The predicted molar refractivity (Wildman–Crippen MR) is 96.9 cm³/mol. The van der Waals surface area contributed by atoms with Crippen LogP contribution in [0.25, 0.3) is 5.13 Å². The highest BCUT2D eigenvalue weighted by atomic mass is 32.1. The van der Waals surface area contributed by atoms with Crippen molar-refractivity contribution in [3.8, 4) is 5.13 Å². The van der Waals surface area contributed by atoms with E-state index in [1.807, 2.05) is 29.1 Å². The number of nitrogens with zero attached hydrogens (tertiary/aromatic N) is 3. The molecular formula is C16H16N4O3S2. The highest BCUT2D eigenvalue weighted by Crippen LogP contribution is 2.26. The van der Waals surface area contributed by atoms with E-state index in [2.05, 4.69) is 15.3 Å². The van der Waals surface area contributed by atoms with Crippen LogP contribution in [0.2, 0.25) is 0 Å². The minimum absolute atomic E-state index is 0.292. The highest BCUT2D eigenvalue weighted by molar-refractivity contribution is 7.18. The van der Waals surface area contributed by atoms with Gasteiger partial charge in [0.25, 0.3) is 5.91 Å². The van der Waals surface area contributed by atoms with E-state index in [0.717, 1.165) is 16.5 Å². The monoisotopic (exact) mass is 376 g/mol. The van der Waals surface area contributed by atoms with Crippen LogP contribution in [0, 0.1) is 13.8 Å². The molecule has 7 nitrogen and oxygen atoms in total. The van der Waals surface area contributed by atoms with E-state index < -0.39 is 5.97 Å². The van der Waals surface area contributed by atoms with Crippen LogP contribution < -0.4 is 5.32 Å². The molecule has 1 N–H and O–H groups in total. The standard InChI is InChI=1S/C16H16N4O3S2/c1-4-23-14(22)12-10(3)17-15(24-12)19-13(21)11-9(2)18-16(25-11)20-7-5-6-8-20/h5-8H,4H2,1-3H3,(H,17,19,21). The van der Waals surface area contributed by atoms with Gasteiger partial charge < -0.3 is 9.30 Å². The highest BCUT2D eigenvalue weighted by Gasteiger charge is 2.20. The summed E-state index contributed by atoms with van der Waals surface area (Å²) in [5.41, 5.74) is 1.18. The van der Waals surface area contributed by atoms with Gasteiger partial charge in [0.2, 0.25) is 0 Å². The number of ether oxygens (including phenoxy) is 1. The van der Waals surface area contributed by atoms with E-state index in [0.29, 0.717) is 32.9 Å². The Morgan fingerprint density at radius 2 is 1.80 bits per heavy atom. The summed E-state index contributed by atoms with van der Waals surface area (Å²) in [5, 5.41) is 3.82. The number of carbonyl (C=O) groups is 2. The van der Waals surface area contributed by atoms with Gasteiger partial charge in [-0.1, -0.05) is 22.7 Å². The van der Waals surface area contributed by atoms with Crippen molar-refractivity contribution in [2.24, 2.45) is 0 Å². The lowest BCUT2D eigenvalue weighted by Crippen LogP contribution is -2.11. The van der Waals surface area contributed by atoms with E-state index in [1.54, 1.807) is 20.8 Å². The van der Waals surface area contributed by atoms with Crippen LogP contribution in [0.5, 0.6) is 0 Å². The van der Waals surface area contributed by atoms with E-state index in [9.17, 15) is 9.59 Å². The third-order valence-electron chi connectivity index (χ3n) is 3.29. The van der Waals surface area contributed by atoms with Gasteiger partial charge in [-0.15, -0.1) is 0 Å². The third-order valence-corrected chi connectivity index (χ3v) is 5.52. The van der Waals surface area contributed by atoms with Gasteiger partial charge in [-0.2, -0.15) is 0 Å². The molecule has 3 aromatic rings. The van der Waals surface area contributed by atoms with Crippen LogP contribution in [-0.2, 0) is 4.74 Å². The molecule has 9 heteroatoms. The molecule has 0 aliphatic carbocycles. The molecule has 0 unspecified atom stereocenters. The number of aromatic nitrogens is 3. The number of amides is 1. The van der Waals surface area contributed by atoms with Crippen molar-refractivity contribution in [3.05, 3.63) is 45.7 Å². The lowest BCUT2D eigenvalue weighted by molar-refractivity contribution is 0.0531. The summed E-state index contributed by atoms with van der Waals surface area (Å²) in [6.07, 6.45) is 3.74. The van der Waals surface area contributed by atoms with Gasteiger partial charge in [0.1, 0.15) is 9.75 Å². The maximum atomic E-state index is 12.5. The fourth-order valence-corrected chi connectivity index (χ4v) is 3.94. The molecule has 3 rings (SSSR count). The second-order valence-corrected chi connectivity index (χ2v) is 7.09. The Balaban J connectivity index is 1.79. The number of rotatable bonds is 5. The fourth-order valence-electron chi connectivity index (χ4n) is 2.16. The smallest absolute Gasteiger partial charge is 0.350 e. The van der Waals surface area contributed by atoms with E-state index in [4.69, 9.17) is 4.74 Å². The molecule has 0 saturated carbocycles. The first-order valence-electron chi connectivity index (χ1n) is 7.56. The number of nitrogens with one attached hydrogen (secondary N) is 1. The maximum Gasteiger partial charge on any atom is 0.350 e. The quantitative estimate of drug-likeness (QED) is 0.690. The number of aryl methyl sites for hydroxylation is 2. The van der Waals surface area contributed by atoms with Gasteiger partial charge in [0, 0.05) is 12.4 Å².